The normalized spacial score (nSPS) is 20.6. The topological polar surface area (TPSA) is 78.0 Å². The Morgan fingerprint density at radius 1 is 1.30 bits per heavy atom. The van der Waals surface area contributed by atoms with Crippen LogP contribution in [0, 0.1) is 19.3 Å². The van der Waals surface area contributed by atoms with Gasteiger partial charge in [0.15, 0.2) is 0 Å². The van der Waals surface area contributed by atoms with E-state index in [1.54, 1.807) is 6.92 Å². The molecule has 0 unspecified atom stereocenters. The summed E-state index contributed by atoms with van der Waals surface area (Å²) in [4.78, 5) is 12.2. The van der Waals surface area contributed by atoms with Crippen LogP contribution in [0.25, 0.3) is 0 Å². The minimum absolute atomic E-state index is 0.160. The zero-order valence-corrected chi connectivity index (χ0v) is 12.8. The third-order valence-electron chi connectivity index (χ3n) is 4.47. The Morgan fingerprint density at radius 3 is 2.40 bits per heavy atom. The fourth-order valence-corrected chi connectivity index (χ4v) is 2.79. The maximum atomic E-state index is 12.2. The molecule has 1 fully saturated rings. The molecule has 0 spiro atoms. The van der Waals surface area contributed by atoms with Crippen molar-refractivity contribution in [2.24, 2.45) is 5.41 Å². The van der Waals surface area contributed by atoms with E-state index in [-0.39, 0.29) is 5.91 Å². The van der Waals surface area contributed by atoms with Crippen LogP contribution in [-0.2, 0) is 0 Å². The third-order valence-corrected chi connectivity index (χ3v) is 4.47. The summed E-state index contributed by atoms with van der Waals surface area (Å²) in [5.41, 5.74) is 1.57. The van der Waals surface area contributed by atoms with E-state index >= 15 is 0 Å². The molecule has 5 heteroatoms. The number of nitrogens with zero attached hydrogens (tertiary/aromatic N) is 1. The Labute approximate surface area is 120 Å². The van der Waals surface area contributed by atoms with Crippen molar-refractivity contribution in [2.75, 3.05) is 6.54 Å². The SMILES string of the molecule is Cc1n[nH]c(C)c1C(=O)NCC1(O)CCC(C)(C)CC1. The third kappa shape index (κ3) is 3.20. The van der Waals surface area contributed by atoms with Crippen molar-refractivity contribution < 1.29 is 9.90 Å². The zero-order chi connectivity index (χ0) is 15.0. The second-order valence-corrected chi connectivity index (χ2v) is 6.88. The molecule has 0 aliphatic heterocycles. The molecule has 1 aliphatic carbocycles. The highest BCUT2D eigenvalue weighted by Crippen LogP contribution is 2.39. The number of carbonyl (C=O) groups excluding carboxylic acids is 1. The van der Waals surface area contributed by atoms with Gasteiger partial charge in [-0.05, 0) is 44.9 Å². The number of nitrogens with one attached hydrogen (secondary N) is 2. The number of aromatic amines is 1. The van der Waals surface area contributed by atoms with Gasteiger partial charge in [0.2, 0.25) is 0 Å². The summed E-state index contributed by atoms with van der Waals surface area (Å²) >= 11 is 0. The molecule has 1 aromatic heterocycles. The highest BCUT2D eigenvalue weighted by Gasteiger charge is 2.37. The molecule has 0 radical (unpaired) electrons. The lowest BCUT2D eigenvalue weighted by molar-refractivity contribution is -0.0233. The second kappa shape index (κ2) is 5.20. The van der Waals surface area contributed by atoms with Gasteiger partial charge in [-0.25, -0.2) is 0 Å². The van der Waals surface area contributed by atoms with Gasteiger partial charge in [0.25, 0.3) is 5.91 Å². The first-order valence-corrected chi connectivity index (χ1v) is 7.25. The monoisotopic (exact) mass is 279 g/mol. The van der Waals surface area contributed by atoms with E-state index in [0.717, 1.165) is 31.4 Å². The Bertz CT molecular complexity index is 476. The van der Waals surface area contributed by atoms with E-state index in [0.29, 0.717) is 23.2 Å². The van der Waals surface area contributed by atoms with Crippen LogP contribution in [0.5, 0.6) is 0 Å². The van der Waals surface area contributed by atoms with Crippen molar-refractivity contribution in [2.45, 2.75) is 59.0 Å². The fourth-order valence-electron chi connectivity index (χ4n) is 2.79. The van der Waals surface area contributed by atoms with E-state index in [1.807, 2.05) is 6.92 Å². The van der Waals surface area contributed by atoms with Gasteiger partial charge in [-0.3, -0.25) is 9.89 Å². The molecule has 3 N–H and O–H groups in total. The zero-order valence-electron chi connectivity index (χ0n) is 12.8. The standard InChI is InChI=1S/C15H25N3O2/c1-10-12(11(2)18-17-10)13(19)16-9-15(20)7-5-14(3,4)6-8-15/h20H,5-9H2,1-4H3,(H,16,19)(H,17,18). The van der Waals surface area contributed by atoms with Crippen LogP contribution in [-0.4, -0.2) is 33.4 Å². The predicted molar refractivity (Wildman–Crippen MR) is 77.6 cm³/mol. The highest BCUT2D eigenvalue weighted by atomic mass is 16.3. The lowest BCUT2D eigenvalue weighted by Crippen LogP contribution is -2.46. The molecule has 0 saturated heterocycles. The number of aromatic nitrogens is 2. The average Bonchev–Trinajstić information content (AvgIpc) is 2.71. The number of hydrogen-bond acceptors (Lipinski definition) is 3. The molecular formula is C15H25N3O2. The van der Waals surface area contributed by atoms with Crippen molar-refractivity contribution in [1.82, 2.24) is 15.5 Å². The van der Waals surface area contributed by atoms with Crippen molar-refractivity contribution >= 4 is 5.91 Å². The second-order valence-electron chi connectivity index (χ2n) is 6.88. The van der Waals surface area contributed by atoms with E-state index in [2.05, 4.69) is 29.4 Å². The predicted octanol–water partition coefficient (Wildman–Crippen LogP) is 2.09. The quantitative estimate of drug-likeness (QED) is 0.792. The lowest BCUT2D eigenvalue weighted by atomic mass is 9.71. The van der Waals surface area contributed by atoms with Crippen molar-refractivity contribution in [3.63, 3.8) is 0 Å². The Kier molecular flexibility index (Phi) is 3.91. The Morgan fingerprint density at radius 2 is 1.90 bits per heavy atom. The van der Waals surface area contributed by atoms with Gasteiger partial charge in [-0.1, -0.05) is 13.8 Å². The molecule has 1 aliphatic rings. The summed E-state index contributed by atoms with van der Waals surface area (Å²) in [6.07, 6.45) is 3.46. The molecule has 5 nitrogen and oxygen atoms in total. The largest absolute Gasteiger partial charge is 0.388 e. The number of carbonyl (C=O) groups is 1. The van der Waals surface area contributed by atoms with E-state index in [9.17, 15) is 9.90 Å². The fraction of sp³-hybridized carbons (Fsp3) is 0.733. The number of aryl methyl sites for hydroxylation is 2. The molecule has 20 heavy (non-hydrogen) atoms. The maximum Gasteiger partial charge on any atom is 0.255 e. The molecule has 112 valence electrons. The summed E-state index contributed by atoms with van der Waals surface area (Å²) in [7, 11) is 0. The number of rotatable bonds is 3. The number of H-pyrrole nitrogens is 1. The van der Waals surface area contributed by atoms with Gasteiger partial charge in [0.05, 0.1) is 16.9 Å². The van der Waals surface area contributed by atoms with Crippen molar-refractivity contribution in [3.8, 4) is 0 Å². The number of amides is 1. The van der Waals surface area contributed by atoms with Crippen LogP contribution in [0.1, 0.15) is 61.3 Å². The van der Waals surface area contributed by atoms with Crippen LogP contribution in [0.15, 0.2) is 0 Å². The molecular weight excluding hydrogens is 254 g/mol. The number of aliphatic hydroxyl groups is 1. The first-order valence-electron chi connectivity index (χ1n) is 7.25. The Hall–Kier alpha value is -1.36. The lowest BCUT2D eigenvalue weighted by Gasteiger charge is -2.40. The van der Waals surface area contributed by atoms with Gasteiger partial charge in [-0.2, -0.15) is 5.10 Å². The summed E-state index contributed by atoms with van der Waals surface area (Å²) in [5, 5.41) is 20.2. The molecule has 2 rings (SSSR count). The smallest absolute Gasteiger partial charge is 0.255 e. The summed E-state index contributed by atoms with van der Waals surface area (Å²) in [5.74, 6) is -0.160. The van der Waals surface area contributed by atoms with Crippen molar-refractivity contribution in [3.05, 3.63) is 17.0 Å². The summed E-state index contributed by atoms with van der Waals surface area (Å²) < 4.78 is 0. The molecule has 1 amide bonds. The minimum Gasteiger partial charge on any atom is -0.388 e. The molecule has 0 atom stereocenters. The summed E-state index contributed by atoms with van der Waals surface area (Å²) in [6, 6.07) is 0. The van der Waals surface area contributed by atoms with Gasteiger partial charge >= 0.3 is 0 Å². The van der Waals surface area contributed by atoms with Crippen LogP contribution in [0.4, 0.5) is 0 Å². The van der Waals surface area contributed by atoms with Crippen LogP contribution >= 0.6 is 0 Å². The Balaban J connectivity index is 1.94. The minimum atomic E-state index is -0.767. The van der Waals surface area contributed by atoms with Crippen LogP contribution < -0.4 is 5.32 Å². The van der Waals surface area contributed by atoms with Gasteiger partial charge in [0, 0.05) is 12.2 Å². The van der Waals surface area contributed by atoms with E-state index < -0.39 is 5.60 Å². The van der Waals surface area contributed by atoms with Gasteiger partial charge < -0.3 is 10.4 Å². The molecule has 1 saturated carbocycles. The van der Waals surface area contributed by atoms with Crippen LogP contribution in [0.2, 0.25) is 0 Å². The maximum absolute atomic E-state index is 12.2. The van der Waals surface area contributed by atoms with E-state index in [4.69, 9.17) is 0 Å². The van der Waals surface area contributed by atoms with E-state index in [1.165, 1.54) is 0 Å². The summed E-state index contributed by atoms with van der Waals surface area (Å²) in [6.45, 7) is 8.39. The van der Waals surface area contributed by atoms with Crippen molar-refractivity contribution in [1.29, 1.82) is 0 Å². The van der Waals surface area contributed by atoms with Gasteiger partial charge in [0.1, 0.15) is 0 Å². The molecule has 0 aromatic carbocycles. The van der Waals surface area contributed by atoms with Gasteiger partial charge in [-0.15, -0.1) is 0 Å². The first kappa shape index (κ1) is 15.0. The van der Waals surface area contributed by atoms with Crippen LogP contribution in [0.3, 0.4) is 0 Å². The number of hydrogen-bond donors (Lipinski definition) is 3. The molecule has 0 bridgehead atoms. The highest BCUT2D eigenvalue weighted by molar-refractivity contribution is 5.96. The average molecular weight is 279 g/mol. The molecule has 1 heterocycles. The first-order chi connectivity index (χ1) is 9.22. The molecule has 1 aromatic rings.